The summed E-state index contributed by atoms with van der Waals surface area (Å²) in [6.07, 6.45) is 0.495. The number of hydrogen-bond acceptors (Lipinski definition) is 7. The van der Waals surface area contributed by atoms with Crippen molar-refractivity contribution in [2.75, 3.05) is 27.2 Å². The summed E-state index contributed by atoms with van der Waals surface area (Å²) in [7, 11) is 3.07. The Kier molecular flexibility index (Phi) is 6.29. The topological polar surface area (TPSA) is 93.8 Å². The van der Waals surface area contributed by atoms with E-state index >= 15 is 0 Å². The number of alkyl halides is 3. The maximum absolute atomic E-state index is 13.8. The number of likely N-dealkylation sites (N-methyl/N-ethyl adjacent to an activating group) is 1. The smallest absolute Gasteiger partial charge is 0.433 e. The Labute approximate surface area is 211 Å². The van der Waals surface area contributed by atoms with Gasteiger partial charge in [0, 0.05) is 42.5 Å². The number of pyridine rings is 1. The zero-order valence-electron chi connectivity index (χ0n) is 20.2. The zero-order valence-corrected chi connectivity index (χ0v) is 20.2. The highest BCUT2D eigenvalue weighted by molar-refractivity contribution is 5.95. The van der Waals surface area contributed by atoms with Gasteiger partial charge in [0.1, 0.15) is 28.4 Å². The average molecular weight is 512 g/mol. The van der Waals surface area contributed by atoms with Crippen LogP contribution in [-0.4, -0.2) is 52.9 Å². The van der Waals surface area contributed by atoms with Gasteiger partial charge in [-0.3, -0.25) is 4.79 Å². The van der Waals surface area contributed by atoms with Gasteiger partial charge in [-0.15, -0.1) is 0 Å². The summed E-state index contributed by atoms with van der Waals surface area (Å²) in [6.45, 7) is 0.526. The van der Waals surface area contributed by atoms with Gasteiger partial charge >= 0.3 is 6.18 Å². The van der Waals surface area contributed by atoms with E-state index in [1.54, 1.807) is 35.2 Å². The first-order chi connectivity index (χ1) is 17.7. The van der Waals surface area contributed by atoms with E-state index in [1.807, 2.05) is 0 Å². The Balaban J connectivity index is 1.51. The number of carbonyl (C=O) groups is 1. The molecule has 192 valence electrons. The van der Waals surface area contributed by atoms with Crippen molar-refractivity contribution >= 4 is 16.8 Å². The van der Waals surface area contributed by atoms with Gasteiger partial charge in [-0.05, 0) is 43.2 Å². The minimum Gasteiger partial charge on any atom is -0.494 e. The van der Waals surface area contributed by atoms with Crippen LogP contribution in [0.3, 0.4) is 0 Å². The minimum atomic E-state index is -4.61. The van der Waals surface area contributed by atoms with Crippen LogP contribution in [0, 0.1) is 12.3 Å². The average Bonchev–Trinajstić information content (AvgIpc) is 3.52. The quantitative estimate of drug-likeness (QED) is 0.558. The molecule has 1 amide bonds. The molecular formula is C26H24F3N5O3. The Bertz CT molecular complexity index is 1360. The molecular weight excluding hydrogens is 487 g/mol. The van der Waals surface area contributed by atoms with Crippen LogP contribution in [0.5, 0.6) is 5.75 Å². The highest BCUT2D eigenvalue weighted by atomic mass is 19.4. The van der Waals surface area contributed by atoms with Crippen molar-refractivity contribution in [1.29, 1.82) is 0 Å². The molecule has 2 atom stereocenters. The third-order valence-corrected chi connectivity index (χ3v) is 6.72. The molecule has 0 spiro atoms. The number of nitrogens with zero attached hydrogens (tertiary/aromatic N) is 4. The van der Waals surface area contributed by atoms with Crippen LogP contribution in [-0.2, 0) is 15.7 Å². The van der Waals surface area contributed by atoms with E-state index in [4.69, 9.17) is 15.2 Å². The lowest BCUT2D eigenvalue weighted by molar-refractivity contribution is -0.141. The van der Waals surface area contributed by atoms with Crippen molar-refractivity contribution in [1.82, 2.24) is 19.8 Å². The SMILES string of the molecule is COc1ccc(C2OC(CN)=C(C(=O)N3CCCC3c3cc#cnc3)N2C)c2ccc(C(F)(F)F)nc12. The number of benzene rings is 1. The number of ether oxygens (including phenoxy) is 2. The van der Waals surface area contributed by atoms with Crippen LogP contribution in [0.15, 0.2) is 48.0 Å². The van der Waals surface area contributed by atoms with E-state index in [0.717, 1.165) is 24.5 Å². The lowest BCUT2D eigenvalue weighted by Crippen LogP contribution is -2.36. The van der Waals surface area contributed by atoms with Gasteiger partial charge in [0.25, 0.3) is 5.91 Å². The van der Waals surface area contributed by atoms with Crippen molar-refractivity contribution < 1.29 is 27.4 Å². The van der Waals surface area contributed by atoms with E-state index in [1.165, 1.54) is 19.2 Å². The third kappa shape index (κ3) is 4.27. The van der Waals surface area contributed by atoms with Crippen molar-refractivity contribution in [2.24, 2.45) is 5.73 Å². The summed E-state index contributed by atoms with van der Waals surface area (Å²) in [5.41, 5.74) is 6.70. The number of rotatable bonds is 5. The summed E-state index contributed by atoms with van der Waals surface area (Å²) in [5, 5.41) is 0.412. The molecule has 2 aliphatic heterocycles. The van der Waals surface area contributed by atoms with Gasteiger partial charge < -0.3 is 25.0 Å². The summed E-state index contributed by atoms with van der Waals surface area (Å²) < 4.78 is 51.5. The zero-order chi connectivity index (χ0) is 26.3. The fourth-order valence-electron chi connectivity index (χ4n) is 4.99. The van der Waals surface area contributed by atoms with Gasteiger partial charge in [0.15, 0.2) is 6.23 Å². The van der Waals surface area contributed by atoms with Crippen LogP contribution >= 0.6 is 0 Å². The monoisotopic (exact) mass is 511 g/mol. The number of fused-ring (bicyclic) bond motifs is 1. The Hall–Kier alpha value is -4.04. The van der Waals surface area contributed by atoms with Crippen LogP contribution in [0.2, 0.25) is 0 Å². The second-order valence-electron chi connectivity index (χ2n) is 8.82. The number of nitrogens with two attached hydrogens (primary N) is 1. The van der Waals surface area contributed by atoms with Crippen molar-refractivity contribution in [3.63, 3.8) is 0 Å². The molecule has 2 aromatic heterocycles. The van der Waals surface area contributed by atoms with Crippen molar-refractivity contribution in [2.45, 2.75) is 31.3 Å². The lowest BCUT2D eigenvalue weighted by atomic mass is 10.0. The third-order valence-electron chi connectivity index (χ3n) is 6.72. The summed E-state index contributed by atoms with van der Waals surface area (Å²) in [4.78, 5) is 25.1. The number of hydrogen-bond donors (Lipinski definition) is 1. The second kappa shape index (κ2) is 9.44. The molecule has 0 radical (unpaired) electrons. The summed E-state index contributed by atoms with van der Waals surface area (Å²) in [5.74, 6) is 0.258. The van der Waals surface area contributed by atoms with Crippen LogP contribution in [0.1, 0.15) is 41.9 Å². The molecule has 0 bridgehead atoms. The molecule has 3 aromatic rings. The fraction of sp³-hybridized carbons (Fsp3) is 0.346. The van der Waals surface area contributed by atoms with Gasteiger partial charge in [0.05, 0.1) is 19.7 Å². The molecule has 8 nitrogen and oxygen atoms in total. The molecule has 0 aliphatic carbocycles. The standard InChI is InChI=1S/C26H24F3N5O3/c1-33-23(24(35)34-12-4-6-18(34)15-5-3-11-31-14-15)20(13-30)37-25(33)17-7-9-19(36-2)22-16(17)8-10-21(32-22)26(27,28)29/h5,7-10,14,18,25H,4,6,12-13,30H2,1-2H3. The first-order valence-electron chi connectivity index (χ1n) is 11.7. The second-order valence-corrected chi connectivity index (χ2v) is 8.82. The van der Waals surface area contributed by atoms with Crippen LogP contribution in [0.25, 0.3) is 10.9 Å². The number of likely N-dealkylation sites (tertiary alicyclic amines) is 1. The molecule has 1 saturated heterocycles. The Morgan fingerprint density at radius 3 is 2.78 bits per heavy atom. The van der Waals surface area contributed by atoms with E-state index in [0.29, 0.717) is 29.0 Å². The van der Waals surface area contributed by atoms with Gasteiger partial charge in [0.2, 0.25) is 0 Å². The molecule has 2 N–H and O–H groups in total. The predicted octanol–water partition coefficient (Wildman–Crippen LogP) is 3.75. The maximum atomic E-state index is 13.8. The number of carbonyl (C=O) groups excluding carboxylic acids is 1. The Morgan fingerprint density at radius 1 is 1.30 bits per heavy atom. The van der Waals surface area contributed by atoms with Gasteiger partial charge in [-0.1, -0.05) is 6.07 Å². The van der Waals surface area contributed by atoms with Crippen LogP contribution < -0.4 is 10.5 Å². The predicted molar refractivity (Wildman–Crippen MR) is 127 cm³/mol. The Morgan fingerprint density at radius 2 is 2.11 bits per heavy atom. The summed E-state index contributed by atoms with van der Waals surface area (Å²) >= 11 is 0. The molecule has 0 saturated carbocycles. The van der Waals surface area contributed by atoms with Crippen molar-refractivity contribution in [3.05, 3.63) is 77.1 Å². The highest BCUT2D eigenvalue weighted by Crippen LogP contribution is 2.42. The minimum absolute atomic E-state index is 0.0272. The normalized spacial score (nSPS) is 19.8. The molecule has 11 heteroatoms. The number of halogens is 3. The van der Waals surface area contributed by atoms with Crippen LogP contribution in [0.4, 0.5) is 13.2 Å². The lowest BCUT2D eigenvalue weighted by Gasteiger charge is -2.29. The maximum Gasteiger partial charge on any atom is 0.433 e. The van der Waals surface area contributed by atoms with E-state index in [2.05, 4.69) is 22.2 Å². The number of amides is 1. The molecule has 1 aromatic carbocycles. The van der Waals surface area contributed by atoms with E-state index in [9.17, 15) is 18.0 Å². The number of methoxy groups -OCH3 is 1. The fourth-order valence-corrected chi connectivity index (χ4v) is 4.99. The van der Waals surface area contributed by atoms with Gasteiger partial charge in [-0.25, -0.2) is 9.97 Å². The highest BCUT2D eigenvalue weighted by Gasteiger charge is 2.41. The van der Waals surface area contributed by atoms with Gasteiger partial charge in [-0.2, -0.15) is 13.2 Å². The molecule has 2 unspecified atom stereocenters. The summed E-state index contributed by atoms with van der Waals surface area (Å²) in [6, 6.07) is 9.93. The van der Waals surface area contributed by atoms with Crippen molar-refractivity contribution in [3.8, 4) is 5.75 Å². The van der Waals surface area contributed by atoms with E-state index < -0.39 is 18.1 Å². The largest absolute Gasteiger partial charge is 0.494 e. The molecule has 2 aliphatic rings. The first-order valence-corrected chi connectivity index (χ1v) is 11.7. The molecule has 37 heavy (non-hydrogen) atoms. The first kappa shape index (κ1) is 24.6. The molecule has 4 heterocycles. The van der Waals surface area contributed by atoms with E-state index in [-0.39, 0.29) is 29.8 Å². The number of aromatic nitrogens is 2. The molecule has 5 rings (SSSR count). The molecule has 1 fully saturated rings.